The Bertz CT molecular complexity index is 348. The molecule has 0 amide bonds. The Morgan fingerprint density at radius 3 is 2.61 bits per heavy atom. The van der Waals surface area contributed by atoms with E-state index in [0.29, 0.717) is 12.2 Å². The standard InChI is InChI=1S/C14H22N2O2/c1-14(17,18-13-5-3-2-4-6-13)7-10-16-11-8-15-9-12-16/h2-6,15,17H,7-12H2,1H3. The first-order valence-corrected chi connectivity index (χ1v) is 6.55. The van der Waals surface area contributed by atoms with Crippen LogP contribution >= 0.6 is 0 Å². The molecule has 0 bridgehead atoms. The van der Waals surface area contributed by atoms with E-state index in [1.165, 1.54) is 0 Å². The molecule has 4 heteroatoms. The minimum Gasteiger partial charge on any atom is -0.463 e. The van der Waals surface area contributed by atoms with Crippen LogP contribution in [0.25, 0.3) is 0 Å². The van der Waals surface area contributed by atoms with Gasteiger partial charge in [0.05, 0.1) is 0 Å². The van der Waals surface area contributed by atoms with Crippen LogP contribution in [-0.2, 0) is 0 Å². The van der Waals surface area contributed by atoms with E-state index in [1.807, 2.05) is 30.3 Å². The lowest BCUT2D eigenvalue weighted by Gasteiger charge is -2.31. The Balaban J connectivity index is 1.79. The summed E-state index contributed by atoms with van der Waals surface area (Å²) in [6.45, 7) is 6.73. The lowest BCUT2D eigenvalue weighted by molar-refractivity contribution is -0.130. The summed E-state index contributed by atoms with van der Waals surface area (Å²) < 4.78 is 5.61. The Morgan fingerprint density at radius 2 is 1.94 bits per heavy atom. The van der Waals surface area contributed by atoms with E-state index in [-0.39, 0.29) is 0 Å². The molecule has 0 spiro atoms. The summed E-state index contributed by atoms with van der Waals surface area (Å²) in [5, 5.41) is 13.6. The zero-order valence-electron chi connectivity index (χ0n) is 10.9. The molecule has 1 aromatic carbocycles. The number of nitrogens with one attached hydrogen (secondary N) is 1. The van der Waals surface area contributed by atoms with Crippen LogP contribution in [0.3, 0.4) is 0 Å². The van der Waals surface area contributed by atoms with E-state index in [2.05, 4.69) is 10.2 Å². The zero-order chi connectivity index (χ0) is 12.8. The lowest BCUT2D eigenvalue weighted by atomic mass is 10.2. The van der Waals surface area contributed by atoms with Crippen LogP contribution in [-0.4, -0.2) is 48.5 Å². The number of nitrogens with zero attached hydrogens (tertiary/aromatic N) is 1. The zero-order valence-corrected chi connectivity index (χ0v) is 10.9. The summed E-state index contributed by atoms with van der Waals surface area (Å²) in [5.74, 6) is -0.394. The molecule has 1 aliphatic rings. The fourth-order valence-electron chi connectivity index (χ4n) is 2.09. The summed E-state index contributed by atoms with van der Waals surface area (Å²) >= 11 is 0. The number of rotatable bonds is 5. The molecule has 1 aliphatic heterocycles. The molecule has 2 rings (SSSR count). The molecule has 1 fully saturated rings. The van der Waals surface area contributed by atoms with Crippen molar-refractivity contribution in [2.45, 2.75) is 19.1 Å². The average molecular weight is 250 g/mol. The third kappa shape index (κ3) is 4.29. The van der Waals surface area contributed by atoms with Gasteiger partial charge in [-0.05, 0) is 12.1 Å². The molecular weight excluding hydrogens is 228 g/mol. The average Bonchev–Trinajstić information content (AvgIpc) is 2.38. The molecule has 0 aliphatic carbocycles. The largest absolute Gasteiger partial charge is 0.463 e. The van der Waals surface area contributed by atoms with Gasteiger partial charge < -0.3 is 20.1 Å². The number of ether oxygens (including phenoxy) is 1. The highest BCUT2D eigenvalue weighted by molar-refractivity contribution is 5.21. The van der Waals surface area contributed by atoms with Crippen molar-refractivity contribution in [3.63, 3.8) is 0 Å². The monoisotopic (exact) mass is 250 g/mol. The van der Waals surface area contributed by atoms with E-state index < -0.39 is 5.79 Å². The van der Waals surface area contributed by atoms with Crippen molar-refractivity contribution in [1.82, 2.24) is 10.2 Å². The molecule has 0 radical (unpaired) electrons. The molecule has 0 saturated carbocycles. The van der Waals surface area contributed by atoms with E-state index >= 15 is 0 Å². The van der Waals surface area contributed by atoms with Gasteiger partial charge in [0.1, 0.15) is 5.75 Å². The smallest absolute Gasteiger partial charge is 0.206 e. The molecule has 1 aromatic rings. The van der Waals surface area contributed by atoms with Gasteiger partial charge in [0.2, 0.25) is 5.79 Å². The summed E-state index contributed by atoms with van der Waals surface area (Å²) in [7, 11) is 0. The number of para-hydroxylation sites is 1. The van der Waals surface area contributed by atoms with E-state index in [1.54, 1.807) is 6.92 Å². The van der Waals surface area contributed by atoms with Gasteiger partial charge in [0.25, 0.3) is 0 Å². The highest BCUT2D eigenvalue weighted by Gasteiger charge is 2.23. The van der Waals surface area contributed by atoms with Crippen LogP contribution in [0, 0.1) is 0 Å². The molecule has 1 unspecified atom stereocenters. The van der Waals surface area contributed by atoms with Crippen molar-refractivity contribution >= 4 is 0 Å². The van der Waals surface area contributed by atoms with Crippen molar-refractivity contribution in [2.75, 3.05) is 32.7 Å². The first-order valence-electron chi connectivity index (χ1n) is 6.55. The Kier molecular flexibility index (Phi) is 4.58. The quantitative estimate of drug-likeness (QED) is 0.767. The molecule has 1 heterocycles. The molecule has 2 N–H and O–H groups in total. The first-order chi connectivity index (χ1) is 8.66. The van der Waals surface area contributed by atoms with Crippen molar-refractivity contribution < 1.29 is 9.84 Å². The summed E-state index contributed by atoms with van der Waals surface area (Å²) in [6.07, 6.45) is 0.613. The molecule has 0 aromatic heterocycles. The fraction of sp³-hybridized carbons (Fsp3) is 0.571. The van der Waals surface area contributed by atoms with Crippen LogP contribution in [0.4, 0.5) is 0 Å². The molecular formula is C14H22N2O2. The second-order valence-electron chi connectivity index (χ2n) is 4.93. The number of piperazine rings is 1. The lowest BCUT2D eigenvalue weighted by Crippen LogP contribution is -2.46. The highest BCUT2D eigenvalue weighted by Crippen LogP contribution is 2.19. The fourth-order valence-corrected chi connectivity index (χ4v) is 2.09. The normalized spacial score (nSPS) is 20.3. The second kappa shape index (κ2) is 6.18. The van der Waals surface area contributed by atoms with E-state index in [9.17, 15) is 5.11 Å². The number of benzene rings is 1. The van der Waals surface area contributed by atoms with E-state index in [4.69, 9.17) is 4.74 Å². The minimum atomic E-state index is -1.10. The van der Waals surface area contributed by atoms with Crippen molar-refractivity contribution in [1.29, 1.82) is 0 Å². The summed E-state index contributed by atoms with van der Waals surface area (Å²) in [4.78, 5) is 2.35. The maximum absolute atomic E-state index is 10.2. The second-order valence-corrected chi connectivity index (χ2v) is 4.93. The molecule has 1 saturated heterocycles. The summed E-state index contributed by atoms with van der Waals surface area (Å²) in [5.41, 5.74) is 0. The van der Waals surface area contributed by atoms with Crippen LogP contribution < -0.4 is 10.1 Å². The van der Waals surface area contributed by atoms with Crippen molar-refractivity contribution in [2.24, 2.45) is 0 Å². The third-order valence-electron chi connectivity index (χ3n) is 3.18. The van der Waals surface area contributed by atoms with Gasteiger partial charge in [0.15, 0.2) is 0 Å². The topological polar surface area (TPSA) is 44.7 Å². The van der Waals surface area contributed by atoms with Crippen LogP contribution in [0.5, 0.6) is 5.75 Å². The Labute approximate surface area is 109 Å². The van der Waals surface area contributed by atoms with Gasteiger partial charge in [-0.1, -0.05) is 18.2 Å². The maximum atomic E-state index is 10.2. The SMILES string of the molecule is CC(O)(CCN1CCNCC1)Oc1ccccc1. The third-order valence-corrected chi connectivity index (χ3v) is 3.18. The van der Waals surface area contributed by atoms with Crippen LogP contribution in [0.1, 0.15) is 13.3 Å². The predicted molar refractivity (Wildman–Crippen MR) is 71.6 cm³/mol. The summed E-state index contributed by atoms with van der Waals surface area (Å²) in [6, 6.07) is 9.46. The minimum absolute atomic E-state index is 0.613. The maximum Gasteiger partial charge on any atom is 0.206 e. The molecule has 4 nitrogen and oxygen atoms in total. The van der Waals surface area contributed by atoms with Crippen molar-refractivity contribution in [3.8, 4) is 5.75 Å². The van der Waals surface area contributed by atoms with Gasteiger partial charge in [0, 0.05) is 46.1 Å². The number of hydrogen-bond donors (Lipinski definition) is 2. The highest BCUT2D eigenvalue weighted by atomic mass is 16.6. The van der Waals surface area contributed by atoms with Gasteiger partial charge in [-0.3, -0.25) is 0 Å². The first kappa shape index (κ1) is 13.3. The van der Waals surface area contributed by atoms with Gasteiger partial charge >= 0.3 is 0 Å². The van der Waals surface area contributed by atoms with Gasteiger partial charge in [-0.25, -0.2) is 0 Å². The predicted octanol–water partition coefficient (Wildman–Crippen LogP) is 1.07. The molecule has 18 heavy (non-hydrogen) atoms. The van der Waals surface area contributed by atoms with Gasteiger partial charge in [-0.2, -0.15) is 0 Å². The van der Waals surface area contributed by atoms with Crippen LogP contribution in [0.15, 0.2) is 30.3 Å². The van der Waals surface area contributed by atoms with E-state index in [0.717, 1.165) is 32.7 Å². The molecule has 100 valence electrons. The molecule has 1 atom stereocenters. The van der Waals surface area contributed by atoms with Crippen LogP contribution in [0.2, 0.25) is 0 Å². The number of aliphatic hydroxyl groups is 1. The van der Waals surface area contributed by atoms with Gasteiger partial charge in [-0.15, -0.1) is 0 Å². The number of hydrogen-bond acceptors (Lipinski definition) is 4. The Morgan fingerprint density at radius 1 is 1.28 bits per heavy atom. The Hall–Kier alpha value is -1.10. The van der Waals surface area contributed by atoms with Crippen molar-refractivity contribution in [3.05, 3.63) is 30.3 Å².